The first-order chi connectivity index (χ1) is 6.69. The van der Waals surface area contributed by atoms with Crippen molar-refractivity contribution >= 4 is 5.69 Å². The zero-order valence-electron chi connectivity index (χ0n) is 8.33. The summed E-state index contributed by atoms with van der Waals surface area (Å²) in [4.78, 5) is 0. The van der Waals surface area contributed by atoms with Crippen molar-refractivity contribution in [3.8, 4) is 18.4 Å². The number of hydrogen-bond donors (Lipinski definition) is 1. The summed E-state index contributed by atoms with van der Waals surface area (Å²) in [5.74, 6) is 2.57. The van der Waals surface area contributed by atoms with E-state index in [1.54, 1.807) is 6.07 Å². The van der Waals surface area contributed by atoms with Gasteiger partial charge in [-0.1, -0.05) is 18.1 Å². The second-order valence-corrected chi connectivity index (χ2v) is 3.14. The molecule has 0 aliphatic carbocycles. The highest BCUT2D eigenvalue weighted by atomic mass is 14.9. The highest BCUT2D eigenvalue weighted by Crippen LogP contribution is 2.20. The molecule has 1 aromatic carbocycles. The lowest BCUT2D eigenvalue weighted by molar-refractivity contribution is 1.03. The number of hydrogen-bond acceptors (Lipinski definition) is 2. The van der Waals surface area contributed by atoms with Gasteiger partial charge in [0, 0.05) is 0 Å². The molecule has 0 radical (unpaired) electrons. The Labute approximate surface area is 84.6 Å². The van der Waals surface area contributed by atoms with Crippen molar-refractivity contribution < 1.29 is 0 Å². The molecule has 14 heavy (non-hydrogen) atoms. The number of anilines is 1. The summed E-state index contributed by atoms with van der Waals surface area (Å²) in [6, 6.07) is 7.66. The average molecular weight is 184 g/mol. The van der Waals surface area contributed by atoms with Gasteiger partial charge < -0.3 is 5.32 Å². The van der Waals surface area contributed by atoms with E-state index < -0.39 is 0 Å². The summed E-state index contributed by atoms with van der Waals surface area (Å²) < 4.78 is 0. The number of nitrogens with one attached hydrogen (secondary N) is 1. The Balaban J connectivity index is 3.08. The predicted octanol–water partition coefficient (Wildman–Crippen LogP) is 2.30. The monoisotopic (exact) mass is 184 g/mol. The van der Waals surface area contributed by atoms with Gasteiger partial charge in [-0.05, 0) is 25.5 Å². The minimum Gasteiger partial charge on any atom is -0.371 e. The summed E-state index contributed by atoms with van der Waals surface area (Å²) in [7, 11) is 0. The summed E-state index contributed by atoms with van der Waals surface area (Å²) in [6.07, 6.45) is 5.27. The zero-order valence-corrected chi connectivity index (χ0v) is 8.33. The molecule has 0 bridgehead atoms. The van der Waals surface area contributed by atoms with Gasteiger partial charge in [0.05, 0.1) is 17.3 Å². The molecule has 0 saturated carbocycles. The fourth-order valence-electron chi connectivity index (χ4n) is 1.21. The Morgan fingerprint density at radius 3 is 2.79 bits per heavy atom. The summed E-state index contributed by atoms with van der Waals surface area (Å²) in [6.45, 7) is 3.83. The topological polar surface area (TPSA) is 35.8 Å². The molecule has 0 aliphatic heterocycles. The first-order valence-electron chi connectivity index (χ1n) is 4.41. The van der Waals surface area contributed by atoms with Crippen LogP contribution in [-0.4, -0.2) is 6.04 Å². The van der Waals surface area contributed by atoms with Crippen molar-refractivity contribution in [1.29, 1.82) is 5.26 Å². The van der Waals surface area contributed by atoms with Crippen LogP contribution in [0.15, 0.2) is 18.2 Å². The average Bonchev–Trinajstić information content (AvgIpc) is 2.20. The van der Waals surface area contributed by atoms with Gasteiger partial charge in [0.15, 0.2) is 0 Å². The molecule has 0 amide bonds. The van der Waals surface area contributed by atoms with Crippen LogP contribution >= 0.6 is 0 Å². The smallest absolute Gasteiger partial charge is 0.101 e. The van der Waals surface area contributed by atoms with E-state index >= 15 is 0 Å². The highest BCUT2D eigenvalue weighted by Gasteiger charge is 2.06. The van der Waals surface area contributed by atoms with Crippen LogP contribution in [0.25, 0.3) is 0 Å². The van der Waals surface area contributed by atoms with Crippen LogP contribution in [0, 0.1) is 30.6 Å². The third kappa shape index (κ3) is 2.06. The van der Waals surface area contributed by atoms with Crippen molar-refractivity contribution in [2.24, 2.45) is 0 Å². The van der Waals surface area contributed by atoms with Crippen LogP contribution in [0.3, 0.4) is 0 Å². The molecular formula is C12H12N2. The Hall–Kier alpha value is -1.93. The minimum atomic E-state index is -0.0665. The molecule has 0 aromatic heterocycles. The van der Waals surface area contributed by atoms with Gasteiger partial charge in [-0.15, -0.1) is 6.42 Å². The number of terminal acetylenes is 1. The van der Waals surface area contributed by atoms with E-state index in [0.29, 0.717) is 5.56 Å². The van der Waals surface area contributed by atoms with E-state index in [1.165, 1.54) is 0 Å². The second-order valence-electron chi connectivity index (χ2n) is 3.14. The number of nitriles is 1. The molecular weight excluding hydrogens is 172 g/mol. The fourth-order valence-corrected chi connectivity index (χ4v) is 1.21. The van der Waals surface area contributed by atoms with E-state index in [4.69, 9.17) is 11.7 Å². The molecule has 1 rings (SSSR count). The van der Waals surface area contributed by atoms with Crippen molar-refractivity contribution in [2.45, 2.75) is 19.9 Å². The quantitative estimate of drug-likeness (QED) is 0.716. The second kappa shape index (κ2) is 4.35. The number of aryl methyl sites for hydroxylation is 1. The normalized spacial score (nSPS) is 11.1. The third-order valence-corrected chi connectivity index (χ3v) is 2.00. The number of nitrogens with zero attached hydrogens (tertiary/aromatic N) is 1. The van der Waals surface area contributed by atoms with Crippen molar-refractivity contribution in [3.05, 3.63) is 29.3 Å². The van der Waals surface area contributed by atoms with E-state index in [9.17, 15) is 0 Å². The lowest BCUT2D eigenvalue weighted by Crippen LogP contribution is -2.14. The lowest BCUT2D eigenvalue weighted by Gasteiger charge is -2.13. The number of benzene rings is 1. The van der Waals surface area contributed by atoms with Gasteiger partial charge in [-0.2, -0.15) is 5.26 Å². The molecule has 0 spiro atoms. The molecule has 1 N–H and O–H groups in total. The SMILES string of the molecule is C#CC(C)Nc1c(C)cccc1C#N. The van der Waals surface area contributed by atoms with E-state index in [0.717, 1.165) is 11.3 Å². The Bertz CT molecular complexity index is 407. The van der Waals surface area contributed by atoms with Crippen molar-refractivity contribution in [2.75, 3.05) is 5.32 Å². The predicted molar refractivity (Wildman–Crippen MR) is 57.8 cm³/mol. The maximum Gasteiger partial charge on any atom is 0.101 e. The van der Waals surface area contributed by atoms with Crippen LogP contribution in [0.2, 0.25) is 0 Å². The third-order valence-electron chi connectivity index (χ3n) is 2.00. The number of para-hydroxylation sites is 1. The summed E-state index contributed by atoms with van der Waals surface area (Å²) in [5.41, 5.74) is 2.50. The molecule has 70 valence electrons. The minimum absolute atomic E-state index is 0.0665. The van der Waals surface area contributed by atoms with Gasteiger partial charge in [0.1, 0.15) is 6.07 Å². The van der Waals surface area contributed by atoms with Gasteiger partial charge in [0.25, 0.3) is 0 Å². The molecule has 0 fully saturated rings. The molecule has 0 saturated heterocycles. The molecule has 1 atom stereocenters. The molecule has 0 aliphatic rings. The number of rotatable bonds is 2. The highest BCUT2D eigenvalue weighted by molar-refractivity contribution is 5.63. The van der Waals surface area contributed by atoms with Gasteiger partial charge in [0.2, 0.25) is 0 Å². The van der Waals surface area contributed by atoms with Crippen LogP contribution in [-0.2, 0) is 0 Å². The molecule has 1 unspecified atom stereocenters. The van der Waals surface area contributed by atoms with Crippen molar-refractivity contribution in [1.82, 2.24) is 0 Å². The van der Waals surface area contributed by atoms with Crippen LogP contribution in [0.5, 0.6) is 0 Å². The van der Waals surface area contributed by atoms with Gasteiger partial charge in [-0.3, -0.25) is 0 Å². The zero-order chi connectivity index (χ0) is 10.6. The molecule has 2 nitrogen and oxygen atoms in total. The maximum atomic E-state index is 8.89. The first-order valence-corrected chi connectivity index (χ1v) is 4.41. The molecule has 2 heteroatoms. The first kappa shape index (κ1) is 10.2. The maximum absolute atomic E-state index is 8.89. The van der Waals surface area contributed by atoms with Crippen LogP contribution in [0.1, 0.15) is 18.1 Å². The van der Waals surface area contributed by atoms with E-state index in [1.807, 2.05) is 26.0 Å². The van der Waals surface area contributed by atoms with Gasteiger partial charge in [-0.25, -0.2) is 0 Å². The lowest BCUT2D eigenvalue weighted by atomic mass is 10.1. The van der Waals surface area contributed by atoms with Crippen molar-refractivity contribution in [3.63, 3.8) is 0 Å². The largest absolute Gasteiger partial charge is 0.371 e. The van der Waals surface area contributed by atoms with E-state index in [2.05, 4.69) is 17.3 Å². The van der Waals surface area contributed by atoms with E-state index in [-0.39, 0.29) is 6.04 Å². The standard InChI is InChI=1S/C12H12N2/c1-4-10(3)14-12-9(2)6-5-7-11(12)8-13/h1,5-7,10,14H,2-3H3. The summed E-state index contributed by atoms with van der Waals surface area (Å²) in [5, 5.41) is 12.0. The van der Waals surface area contributed by atoms with Gasteiger partial charge >= 0.3 is 0 Å². The van der Waals surface area contributed by atoms with Crippen LogP contribution in [0.4, 0.5) is 5.69 Å². The fraction of sp³-hybridized carbons (Fsp3) is 0.250. The Morgan fingerprint density at radius 2 is 2.21 bits per heavy atom. The van der Waals surface area contributed by atoms with Crippen LogP contribution < -0.4 is 5.32 Å². The molecule has 1 aromatic rings. The Kier molecular flexibility index (Phi) is 3.15. The molecule has 0 heterocycles. The Morgan fingerprint density at radius 1 is 1.50 bits per heavy atom. The summed E-state index contributed by atoms with van der Waals surface area (Å²) >= 11 is 0.